The van der Waals surface area contributed by atoms with Gasteiger partial charge in [0.1, 0.15) is 29.8 Å². The molecule has 3 heterocycles. The summed E-state index contributed by atoms with van der Waals surface area (Å²) in [5, 5.41) is 45.8. The number of hydrogen-bond acceptors (Lipinski definition) is 11. The van der Waals surface area contributed by atoms with E-state index in [2.05, 4.69) is 6.92 Å². The molecular weight excluding hydrogens is 532 g/mol. The van der Waals surface area contributed by atoms with E-state index in [-0.39, 0.29) is 24.5 Å². The molecular formula is C30H56N2O9. The molecule has 3 saturated heterocycles. The van der Waals surface area contributed by atoms with Crippen LogP contribution in [0.25, 0.3) is 0 Å². The Kier molecular flexibility index (Phi) is 10.6. The van der Waals surface area contributed by atoms with Crippen LogP contribution in [-0.4, -0.2) is 130 Å². The number of cyclic esters (lactones) is 1. The first-order chi connectivity index (χ1) is 18.8. The van der Waals surface area contributed by atoms with Gasteiger partial charge in [0, 0.05) is 24.5 Å². The topological polar surface area (TPSA) is 141 Å². The predicted octanol–water partition coefficient (Wildman–Crippen LogP) is 1.34. The summed E-state index contributed by atoms with van der Waals surface area (Å²) in [5.74, 6) is -4.56. The number of ether oxygens (including phenoxy) is 4. The minimum Gasteiger partial charge on any atom is -0.459 e. The molecule has 0 aliphatic carbocycles. The first-order valence-corrected chi connectivity index (χ1v) is 15.2. The molecule has 0 amide bonds. The van der Waals surface area contributed by atoms with Gasteiger partial charge in [0.2, 0.25) is 0 Å². The van der Waals surface area contributed by atoms with Gasteiger partial charge >= 0.3 is 5.97 Å². The van der Waals surface area contributed by atoms with Crippen molar-refractivity contribution in [2.24, 2.45) is 17.8 Å². The average Bonchev–Trinajstić information content (AvgIpc) is 3.06. The van der Waals surface area contributed by atoms with Gasteiger partial charge in [0.25, 0.3) is 0 Å². The second kappa shape index (κ2) is 12.6. The van der Waals surface area contributed by atoms with Crippen LogP contribution >= 0.6 is 0 Å². The van der Waals surface area contributed by atoms with Gasteiger partial charge in [-0.05, 0) is 80.9 Å². The van der Waals surface area contributed by atoms with E-state index >= 15 is 0 Å². The fourth-order valence-electron chi connectivity index (χ4n) is 7.33. The zero-order valence-corrected chi connectivity index (χ0v) is 26.9. The molecule has 3 aliphatic rings. The summed E-state index contributed by atoms with van der Waals surface area (Å²) in [5.41, 5.74) is -2.79. The highest BCUT2D eigenvalue weighted by molar-refractivity contribution is 5.73. The molecule has 0 aromatic heterocycles. The van der Waals surface area contributed by atoms with Crippen LogP contribution in [0, 0.1) is 17.8 Å². The molecule has 4 N–H and O–H groups in total. The Bertz CT molecular complexity index is 905. The SMILES string of the molecule is CC[C@H]1OC(=O)[C@H](C)[C@]2(O)O[C@@](C)(C[C@@H](C)CN(C)[C@H](C)[C@@H](O)[C@]1(C)O)[C@H](O[C@@H]1O[C@H](C)CC(N(C)C)[C@H]1O)[C@H]2C. The smallest absolute Gasteiger partial charge is 0.314 e. The van der Waals surface area contributed by atoms with Crippen LogP contribution in [0.5, 0.6) is 0 Å². The molecule has 2 bridgehead atoms. The molecule has 3 rings (SSSR count). The standard InChI is InChI=1S/C30H56N2O9/c1-12-22-29(8,36)24(34)20(6)32(11)15-16(2)14-28(7)25(18(4)30(37,41-28)19(5)26(35)39-22)40-27-23(33)21(31(9)10)13-17(3)38-27/h16-25,27,33-34,36-37H,12-15H2,1-11H3/t16-,17-,18-,19+,20-,21?,22-,23-,24-,25-,27+,28+,29-,30-/m1/s1. The number of aliphatic hydroxyl groups excluding tert-OH is 2. The predicted molar refractivity (Wildman–Crippen MR) is 153 cm³/mol. The van der Waals surface area contributed by atoms with Crippen molar-refractivity contribution in [2.75, 3.05) is 27.7 Å². The van der Waals surface area contributed by atoms with Gasteiger partial charge in [0.05, 0.1) is 17.8 Å². The van der Waals surface area contributed by atoms with E-state index in [0.717, 1.165) is 0 Å². The van der Waals surface area contributed by atoms with Crippen LogP contribution in [0.1, 0.15) is 74.7 Å². The number of likely N-dealkylation sites (N-methyl/N-ethyl adjacent to an activating group) is 2. The number of esters is 1. The molecule has 1 unspecified atom stereocenters. The average molecular weight is 589 g/mol. The highest BCUT2D eigenvalue weighted by Gasteiger charge is 2.64. The van der Waals surface area contributed by atoms with Crippen molar-refractivity contribution in [3.63, 3.8) is 0 Å². The zero-order chi connectivity index (χ0) is 31.2. The summed E-state index contributed by atoms with van der Waals surface area (Å²) in [6.07, 6.45) is -3.65. The van der Waals surface area contributed by atoms with Crippen molar-refractivity contribution < 1.29 is 44.2 Å². The zero-order valence-electron chi connectivity index (χ0n) is 26.9. The molecule has 41 heavy (non-hydrogen) atoms. The first kappa shape index (κ1) is 34.6. The van der Waals surface area contributed by atoms with E-state index in [1.807, 2.05) is 51.7 Å². The molecule has 240 valence electrons. The van der Waals surface area contributed by atoms with Crippen molar-refractivity contribution in [3.05, 3.63) is 0 Å². The normalized spacial score (nSPS) is 50.9. The highest BCUT2D eigenvalue weighted by Crippen LogP contribution is 2.50. The minimum absolute atomic E-state index is 0.00284. The maximum absolute atomic E-state index is 13.5. The third-order valence-electron chi connectivity index (χ3n) is 10.0. The Hall–Kier alpha value is -0.890. The minimum atomic E-state index is -1.96. The van der Waals surface area contributed by atoms with Gasteiger partial charge in [-0.25, -0.2) is 0 Å². The van der Waals surface area contributed by atoms with Gasteiger partial charge in [-0.3, -0.25) is 4.79 Å². The molecule has 11 heteroatoms. The maximum Gasteiger partial charge on any atom is 0.314 e. The van der Waals surface area contributed by atoms with Crippen LogP contribution in [0.2, 0.25) is 0 Å². The van der Waals surface area contributed by atoms with Crippen LogP contribution in [0.15, 0.2) is 0 Å². The number of carbonyl (C=O) groups excluding carboxylic acids is 1. The fraction of sp³-hybridized carbons (Fsp3) is 0.967. The Morgan fingerprint density at radius 2 is 1.71 bits per heavy atom. The van der Waals surface area contributed by atoms with Gasteiger partial charge in [-0.2, -0.15) is 0 Å². The second-order valence-electron chi connectivity index (χ2n) is 13.8. The Balaban J connectivity index is 2.03. The third-order valence-corrected chi connectivity index (χ3v) is 10.0. The van der Waals surface area contributed by atoms with Crippen LogP contribution < -0.4 is 0 Å². The summed E-state index contributed by atoms with van der Waals surface area (Å²) >= 11 is 0. The molecule has 3 fully saturated rings. The largest absolute Gasteiger partial charge is 0.459 e. The number of fused-ring (bicyclic) bond motifs is 2. The number of nitrogens with zero attached hydrogens (tertiary/aromatic N) is 2. The lowest BCUT2D eigenvalue weighted by Gasteiger charge is -2.44. The quantitative estimate of drug-likeness (QED) is 0.354. The number of aliphatic hydroxyl groups is 4. The lowest BCUT2D eigenvalue weighted by molar-refractivity contribution is -0.286. The summed E-state index contributed by atoms with van der Waals surface area (Å²) in [6, 6.07) is -0.628. The molecule has 14 atom stereocenters. The van der Waals surface area contributed by atoms with E-state index in [1.165, 1.54) is 6.92 Å². The van der Waals surface area contributed by atoms with E-state index in [0.29, 0.717) is 19.4 Å². The molecule has 0 spiro atoms. The number of hydrogen-bond donors (Lipinski definition) is 4. The lowest BCUT2D eigenvalue weighted by atomic mass is 9.80. The second-order valence-corrected chi connectivity index (χ2v) is 13.8. The molecule has 0 radical (unpaired) electrons. The molecule has 0 saturated carbocycles. The van der Waals surface area contributed by atoms with Crippen LogP contribution in [0.3, 0.4) is 0 Å². The van der Waals surface area contributed by atoms with Gasteiger partial charge in [0.15, 0.2) is 12.1 Å². The fourth-order valence-corrected chi connectivity index (χ4v) is 7.33. The van der Waals surface area contributed by atoms with Crippen molar-refractivity contribution >= 4 is 5.97 Å². The highest BCUT2D eigenvalue weighted by atomic mass is 16.7. The first-order valence-electron chi connectivity index (χ1n) is 15.2. The Labute approximate surface area is 246 Å². The summed E-state index contributed by atoms with van der Waals surface area (Å²) < 4.78 is 24.9. The number of rotatable bonds is 4. The molecule has 0 aromatic rings. The van der Waals surface area contributed by atoms with E-state index < -0.39 is 71.5 Å². The third kappa shape index (κ3) is 6.63. The number of carbonyl (C=O) groups is 1. The Morgan fingerprint density at radius 1 is 1.10 bits per heavy atom. The summed E-state index contributed by atoms with van der Waals surface area (Å²) in [4.78, 5) is 17.5. The van der Waals surface area contributed by atoms with Gasteiger partial charge < -0.3 is 49.2 Å². The summed E-state index contributed by atoms with van der Waals surface area (Å²) in [7, 11) is 5.69. The van der Waals surface area contributed by atoms with Crippen molar-refractivity contribution in [2.45, 2.75) is 141 Å². The molecule has 3 aliphatic heterocycles. The lowest BCUT2D eigenvalue weighted by Crippen LogP contribution is -2.59. The van der Waals surface area contributed by atoms with Gasteiger partial charge in [-0.1, -0.05) is 20.8 Å². The maximum atomic E-state index is 13.5. The van der Waals surface area contributed by atoms with Crippen molar-refractivity contribution in [1.29, 1.82) is 0 Å². The van der Waals surface area contributed by atoms with Crippen molar-refractivity contribution in [3.8, 4) is 0 Å². The van der Waals surface area contributed by atoms with Gasteiger partial charge in [-0.15, -0.1) is 0 Å². The Morgan fingerprint density at radius 3 is 2.27 bits per heavy atom. The monoisotopic (exact) mass is 588 g/mol. The van der Waals surface area contributed by atoms with Crippen LogP contribution in [-0.2, 0) is 23.7 Å². The van der Waals surface area contributed by atoms with E-state index in [9.17, 15) is 25.2 Å². The van der Waals surface area contributed by atoms with E-state index in [4.69, 9.17) is 18.9 Å². The molecule has 0 aromatic carbocycles. The van der Waals surface area contributed by atoms with Crippen LogP contribution in [0.4, 0.5) is 0 Å². The molecule has 11 nitrogen and oxygen atoms in total. The summed E-state index contributed by atoms with van der Waals surface area (Å²) in [6.45, 7) is 14.8. The van der Waals surface area contributed by atoms with Crippen molar-refractivity contribution in [1.82, 2.24) is 9.80 Å². The van der Waals surface area contributed by atoms with E-state index in [1.54, 1.807) is 20.8 Å².